The summed E-state index contributed by atoms with van der Waals surface area (Å²) in [4.78, 5) is 0. The molecule has 1 atom stereocenters. The molecule has 1 unspecified atom stereocenters. The number of hydrogen-bond donors (Lipinski definition) is 1. The molecular weight excluding hydrogens is 376 g/mol. The number of hydrogen-bond acceptors (Lipinski definition) is 1. The van der Waals surface area contributed by atoms with Gasteiger partial charge < -0.3 is 5.11 Å². The average Bonchev–Trinajstić information content (AvgIpc) is 2.29. The van der Waals surface area contributed by atoms with Crippen LogP contribution < -0.4 is 0 Å². The van der Waals surface area contributed by atoms with Crippen LogP contribution in [0, 0.1) is 0 Å². The number of phenolic OH excluding ortho intramolecular Hbond substituents is 1. The van der Waals surface area contributed by atoms with Gasteiger partial charge >= 0.3 is 0 Å². The summed E-state index contributed by atoms with van der Waals surface area (Å²) in [7, 11) is 0. The molecule has 1 N–H and O–H groups in total. The first-order valence-electron chi connectivity index (χ1n) is 4.85. The van der Waals surface area contributed by atoms with Crippen LogP contribution in [0.5, 0.6) is 5.75 Å². The van der Waals surface area contributed by atoms with Gasteiger partial charge in [0.05, 0.1) is 5.38 Å². The quantitative estimate of drug-likeness (QED) is 0.755. The van der Waals surface area contributed by atoms with E-state index in [1.54, 1.807) is 18.2 Å². The SMILES string of the molecule is Oc1cccc(C(Cl)c2ccc(Br)cc2)c1.[Y]. The van der Waals surface area contributed by atoms with Gasteiger partial charge in [0.25, 0.3) is 0 Å². The fourth-order valence-electron chi connectivity index (χ4n) is 1.51. The van der Waals surface area contributed by atoms with Gasteiger partial charge in [0.1, 0.15) is 5.75 Å². The van der Waals surface area contributed by atoms with E-state index in [2.05, 4.69) is 15.9 Å². The van der Waals surface area contributed by atoms with E-state index in [0.717, 1.165) is 15.6 Å². The molecule has 0 bridgehead atoms. The minimum Gasteiger partial charge on any atom is -0.508 e. The molecule has 4 heteroatoms. The summed E-state index contributed by atoms with van der Waals surface area (Å²) in [6.45, 7) is 0. The van der Waals surface area contributed by atoms with Crippen LogP contribution in [0.3, 0.4) is 0 Å². The maximum absolute atomic E-state index is 9.39. The molecule has 0 saturated heterocycles. The maximum atomic E-state index is 9.39. The molecule has 2 rings (SSSR count). The van der Waals surface area contributed by atoms with E-state index in [-0.39, 0.29) is 43.8 Å². The standard InChI is InChI=1S/C13H10BrClO.Y/c14-11-6-4-9(5-7-11)13(15)10-2-1-3-12(16)8-10;/h1-8,13,16H;. The van der Waals surface area contributed by atoms with Crippen LogP contribution in [-0.2, 0) is 32.7 Å². The molecule has 0 aliphatic heterocycles. The van der Waals surface area contributed by atoms with Gasteiger partial charge in [0, 0.05) is 37.2 Å². The molecule has 0 heterocycles. The van der Waals surface area contributed by atoms with Crippen molar-refractivity contribution in [1.82, 2.24) is 0 Å². The van der Waals surface area contributed by atoms with E-state index in [1.807, 2.05) is 30.3 Å². The molecule has 85 valence electrons. The molecule has 2 aromatic rings. The first-order chi connectivity index (χ1) is 7.66. The van der Waals surface area contributed by atoms with E-state index in [4.69, 9.17) is 11.6 Å². The molecule has 1 nitrogen and oxygen atoms in total. The van der Waals surface area contributed by atoms with Crippen LogP contribution in [0.25, 0.3) is 0 Å². The zero-order valence-corrected chi connectivity index (χ0v) is 14.2. The Labute approximate surface area is 139 Å². The Hall–Kier alpha value is 0.114. The van der Waals surface area contributed by atoms with Crippen LogP contribution in [0.4, 0.5) is 0 Å². The van der Waals surface area contributed by atoms with Crippen molar-refractivity contribution < 1.29 is 37.8 Å². The monoisotopic (exact) mass is 385 g/mol. The third kappa shape index (κ3) is 4.06. The smallest absolute Gasteiger partial charge is 0.115 e. The van der Waals surface area contributed by atoms with Gasteiger partial charge in [-0.2, -0.15) is 0 Å². The predicted molar refractivity (Wildman–Crippen MR) is 69.9 cm³/mol. The molecule has 0 amide bonds. The number of alkyl halides is 1. The molecule has 2 aromatic carbocycles. The topological polar surface area (TPSA) is 20.2 Å². The molecule has 0 fully saturated rings. The Morgan fingerprint density at radius 1 is 1.00 bits per heavy atom. The van der Waals surface area contributed by atoms with Crippen molar-refractivity contribution in [1.29, 1.82) is 0 Å². The second-order valence-electron chi connectivity index (χ2n) is 3.51. The number of aromatic hydroxyl groups is 1. The molecule has 0 aliphatic rings. The fourth-order valence-corrected chi connectivity index (χ4v) is 2.05. The third-order valence-electron chi connectivity index (χ3n) is 2.33. The number of phenols is 1. The molecule has 17 heavy (non-hydrogen) atoms. The van der Waals surface area contributed by atoms with Crippen molar-refractivity contribution >= 4 is 27.5 Å². The number of halogens is 2. The second-order valence-corrected chi connectivity index (χ2v) is 4.86. The van der Waals surface area contributed by atoms with Gasteiger partial charge in [0.2, 0.25) is 0 Å². The Bertz CT molecular complexity index is 487. The molecule has 0 aliphatic carbocycles. The number of benzene rings is 2. The Balaban J connectivity index is 0.00000144. The Morgan fingerprint density at radius 2 is 1.65 bits per heavy atom. The first kappa shape index (κ1) is 15.2. The zero-order chi connectivity index (χ0) is 11.5. The van der Waals surface area contributed by atoms with Crippen molar-refractivity contribution in [2.24, 2.45) is 0 Å². The second kappa shape index (κ2) is 6.89. The van der Waals surface area contributed by atoms with Crippen molar-refractivity contribution in [3.63, 3.8) is 0 Å². The van der Waals surface area contributed by atoms with E-state index in [9.17, 15) is 5.11 Å². The van der Waals surface area contributed by atoms with E-state index in [1.165, 1.54) is 0 Å². The first-order valence-corrected chi connectivity index (χ1v) is 6.08. The number of rotatable bonds is 2. The third-order valence-corrected chi connectivity index (χ3v) is 3.36. The summed E-state index contributed by atoms with van der Waals surface area (Å²) >= 11 is 9.71. The van der Waals surface area contributed by atoms with Crippen molar-refractivity contribution in [2.75, 3.05) is 0 Å². The van der Waals surface area contributed by atoms with Gasteiger partial charge in [0.15, 0.2) is 0 Å². The van der Waals surface area contributed by atoms with Gasteiger partial charge in [-0.3, -0.25) is 0 Å². The van der Waals surface area contributed by atoms with Crippen LogP contribution in [-0.4, -0.2) is 5.11 Å². The van der Waals surface area contributed by atoms with Gasteiger partial charge in [-0.25, -0.2) is 0 Å². The molecule has 0 saturated carbocycles. The van der Waals surface area contributed by atoms with E-state index < -0.39 is 0 Å². The van der Waals surface area contributed by atoms with Gasteiger partial charge in [-0.05, 0) is 35.4 Å². The summed E-state index contributed by atoms with van der Waals surface area (Å²) in [5, 5.41) is 9.15. The van der Waals surface area contributed by atoms with Crippen LogP contribution in [0.2, 0.25) is 0 Å². The Kier molecular flexibility index (Phi) is 6.15. The molecule has 1 radical (unpaired) electrons. The summed E-state index contributed by atoms with van der Waals surface area (Å²) in [5.41, 5.74) is 1.90. The van der Waals surface area contributed by atoms with Gasteiger partial charge in [-0.15, -0.1) is 11.6 Å². The maximum Gasteiger partial charge on any atom is 0.115 e. The minimum absolute atomic E-state index is 0. The van der Waals surface area contributed by atoms with E-state index in [0.29, 0.717) is 0 Å². The molecule has 0 aromatic heterocycles. The van der Waals surface area contributed by atoms with Crippen LogP contribution in [0.15, 0.2) is 53.0 Å². The van der Waals surface area contributed by atoms with Crippen molar-refractivity contribution in [3.8, 4) is 5.75 Å². The summed E-state index contributed by atoms with van der Waals surface area (Å²) in [6, 6.07) is 14.8. The molecular formula is C13H10BrClOY. The summed E-state index contributed by atoms with van der Waals surface area (Å²) in [5.74, 6) is 0.236. The van der Waals surface area contributed by atoms with Crippen molar-refractivity contribution in [2.45, 2.75) is 5.38 Å². The molecule has 0 spiro atoms. The van der Waals surface area contributed by atoms with E-state index >= 15 is 0 Å². The van der Waals surface area contributed by atoms with Crippen molar-refractivity contribution in [3.05, 3.63) is 64.1 Å². The Morgan fingerprint density at radius 3 is 2.24 bits per heavy atom. The predicted octanol–water partition coefficient (Wildman–Crippen LogP) is 4.48. The fraction of sp³-hybridized carbons (Fsp3) is 0.0769. The average molecular weight is 386 g/mol. The normalized spacial score (nSPS) is 11.6. The minimum atomic E-state index is -0.236. The summed E-state index contributed by atoms with van der Waals surface area (Å²) in [6.07, 6.45) is 0. The van der Waals surface area contributed by atoms with Crippen LogP contribution in [0.1, 0.15) is 16.5 Å². The van der Waals surface area contributed by atoms with Crippen LogP contribution >= 0.6 is 27.5 Å². The van der Waals surface area contributed by atoms with Gasteiger partial charge in [-0.1, -0.05) is 40.2 Å². The zero-order valence-electron chi connectivity index (χ0n) is 8.98. The summed E-state index contributed by atoms with van der Waals surface area (Å²) < 4.78 is 1.02. The largest absolute Gasteiger partial charge is 0.508 e.